The number of unbranched alkanes of at least 4 members (excludes halogenated alkanes) is 1. The van der Waals surface area contributed by atoms with Gasteiger partial charge < -0.3 is 14.5 Å². The number of halogens is 1. The maximum Gasteiger partial charge on any atom is 0.409 e. The predicted molar refractivity (Wildman–Crippen MR) is 84.5 cm³/mol. The SMILES string of the molecule is CCCCOC(=O)N1CCN(C(=O)Cc2ccc(F)cc2)CC1. The van der Waals surface area contributed by atoms with Gasteiger partial charge in [0.25, 0.3) is 0 Å². The number of rotatable bonds is 5. The second kappa shape index (κ2) is 8.50. The number of carbonyl (C=O) groups is 2. The number of piperazine rings is 1. The minimum Gasteiger partial charge on any atom is -0.449 e. The van der Waals surface area contributed by atoms with Gasteiger partial charge in [0.05, 0.1) is 13.0 Å². The molecule has 1 aromatic carbocycles. The molecule has 1 fully saturated rings. The molecule has 6 heteroatoms. The van der Waals surface area contributed by atoms with Crippen LogP contribution in [-0.2, 0) is 16.0 Å². The second-order valence-corrected chi connectivity index (χ2v) is 5.64. The molecule has 1 aromatic rings. The van der Waals surface area contributed by atoms with Gasteiger partial charge in [-0.1, -0.05) is 25.5 Å². The number of hydrogen-bond acceptors (Lipinski definition) is 3. The summed E-state index contributed by atoms with van der Waals surface area (Å²) in [6.07, 6.45) is 1.80. The van der Waals surface area contributed by atoms with Crippen LogP contribution in [0.2, 0.25) is 0 Å². The molecule has 0 aliphatic carbocycles. The number of amides is 2. The fourth-order valence-corrected chi connectivity index (χ4v) is 2.42. The summed E-state index contributed by atoms with van der Waals surface area (Å²) in [6, 6.07) is 5.95. The summed E-state index contributed by atoms with van der Waals surface area (Å²) in [4.78, 5) is 27.4. The highest BCUT2D eigenvalue weighted by atomic mass is 19.1. The first-order valence-electron chi connectivity index (χ1n) is 8.04. The van der Waals surface area contributed by atoms with E-state index in [0.717, 1.165) is 18.4 Å². The quantitative estimate of drug-likeness (QED) is 0.783. The van der Waals surface area contributed by atoms with Crippen LogP contribution in [-0.4, -0.2) is 54.6 Å². The summed E-state index contributed by atoms with van der Waals surface area (Å²) < 4.78 is 18.0. The molecule has 0 saturated carbocycles. The van der Waals surface area contributed by atoms with E-state index in [1.54, 1.807) is 21.9 Å². The lowest BCUT2D eigenvalue weighted by Gasteiger charge is -2.34. The monoisotopic (exact) mass is 322 g/mol. The van der Waals surface area contributed by atoms with Crippen LogP contribution in [0.25, 0.3) is 0 Å². The first-order chi connectivity index (χ1) is 11.1. The van der Waals surface area contributed by atoms with Gasteiger partial charge in [0, 0.05) is 26.2 Å². The summed E-state index contributed by atoms with van der Waals surface area (Å²) in [5.74, 6) is -0.313. The molecule has 1 heterocycles. The van der Waals surface area contributed by atoms with Crippen LogP contribution in [0.4, 0.5) is 9.18 Å². The number of nitrogens with zero attached hydrogens (tertiary/aromatic N) is 2. The Balaban J connectivity index is 1.76. The van der Waals surface area contributed by atoms with Crippen molar-refractivity contribution in [1.82, 2.24) is 9.80 Å². The molecular weight excluding hydrogens is 299 g/mol. The van der Waals surface area contributed by atoms with Gasteiger partial charge in [-0.2, -0.15) is 0 Å². The molecule has 0 bridgehead atoms. The first-order valence-corrected chi connectivity index (χ1v) is 8.04. The molecule has 0 spiro atoms. The van der Waals surface area contributed by atoms with Crippen molar-refractivity contribution in [2.45, 2.75) is 26.2 Å². The van der Waals surface area contributed by atoms with Crippen molar-refractivity contribution in [3.05, 3.63) is 35.6 Å². The summed E-state index contributed by atoms with van der Waals surface area (Å²) in [7, 11) is 0. The van der Waals surface area contributed by atoms with Crippen LogP contribution in [0.1, 0.15) is 25.3 Å². The highest BCUT2D eigenvalue weighted by Gasteiger charge is 2.24. The molecule has 126 valence electrons. The van der Waals surface area contributed by atoms with Crippen molar-refractivity contribution in [3.63, 3.8) is 0 Å². The van der Waals surface area contributed by atoms with E-state index in [1.807, 2.05) is 6.92 Å². The topological polar surface area (TPSA) is 49.9 Å². The average Bonchev–Trinajstić information content (AvgIpc) is 2.57. The third-order valence-electron chi connectivity index (χ3n) is 3.88. The average molecular weight is 322 g/mol. The van der Waals surface area contributed by atoms with Gasteiger partial charge in [-0.25, -0.2) is 9.18 Å². The van der Waals surface area contributed by atoms with Gasteiger partial charge in [0.15, 0.2) is 0 Å². The Morgan fingerprint density at radius 3 is 2.30 bits per heavy atom. The van der Waals surface area contributed by atoms with Crippen molar-refractivity contribution in [2.24, 2.45) is 0 Å². The fourth-order valence-electron chi connectivity index (χ4n) is 2.42. The van der Waals surface area contributed by atoms with Crippen LogP contribution in [0.3, 0.4) is 0 Å². The Labute approximate surface area is 136 Å². The van der Waals surface area contributed by atoms with E-state index < -0.39 is 0 Å². The molecule has 2 rings (SSSR count). The van der Waals surface area contributed by atoms with Crippen LogP contribution in [0.5, 0.6) is 0 Å². The van der Waals surface area contributed by atoms with Crippen molar-refractivity contribution in [3.8, 4) is 0 Å². The normalized spacial score (nSPS) is 14.7. The molecule has 1 aliphatic rings. The lowest BCUT2D eigenvalue weighted by atomic mass is 10.1. The zero-order valence-electron chi connectivity index (χ0n) is 13.5. The number of carbonyl (C=O) groups excluding carboxylic acids is 2. The summed E-state index contributed by atoms with van der Waals surface area (Å²) in [5, 5.41) is 0. The van der Waals surface area contributed by atoms with Gasteiger partial charge in [-0.05, 0) is 24.1 Å². The third-order valence-corrected chi connectivity index (χ3v) is 3.88. The zero-order chi connectivity index (χ0) is 16.7. The van der Waals surface area contributed by atoms with Crippen LogP contribution in [0, 0.1) is 5.82 Å². The molecular formula is C17H23FN2O3. The predicted octanol–water partition coefficient (Wildman–Crippen LogP) is 2.45. The van der Waals surface area contributed by atoms with Gasteiger partial charge in [-0.15, -0.1) is 0 Å². The van der Waals surface area contributed by atoms with Crippen LogP contribution >= 0.6 is 0 Å². The van der Waals surface area contributed by atoms with Crippen molar-refractivity contribution in [1.29, 1.82) is 0 Å². The minimum atomic E-state index is -0.309. The Bertz CT molecular complexity index is 525. The van der Waals surface area contributed by atoms with Crippen molar-refractivity contribution in [2.75, 3.05) is 32.8 Å². The number of ether oxygens (including phenoxy) is 1. The maximum absolute atomic E-state index is 12.9. The highest BCUT2D eigenvalue weighted by molar-refractivity contribution is 5.79. The summed E-state index contributed by atoms with van der Waals surface area (Å²) >= 11 is 0. The van der Waals surface area contributed by atoms with Crippen molar-refractivity contribution < 1.29 is 18.7 Å². The molecule has 23 heavy (non-hydrogen) atoms. The molecule has 5 nitrogen and oxygen atoms in total. The minimum absolute atomic E-state index is 0.00407. The molecule has 0 N–H and O–H groups in total. The molecule has 0 atom stereocenters. The Morgan fingerprint density at radius 2 is 1.70 bits per heavy atom. The first kappa shape index (κ1) is 17.2. The molecule has 0 aromatic heterocycles. The van der Waals surface area contributed by atoms with E-state index in [4.69, 9.17) is 4.74 Å². The highest BCUT2D eigenvalue weighted by Crippen LogP contribution is 2.09. The van der Waals surface area contributed by atoms with E-state index in [9.17, 15) is 14.0 Å². The molecule has 0 radical (unpaired) electrons. The Hall–Kier alpha value is -2.11. The van der Waals surface area contributed by atoms with Crippen molar-refractivity contribution >= 4 is 12.0 Å². The molecule has 1 aliphatic heterocycles. The second-order valence-electron chi connectivity index (χ2n) is 5.64. The summed E-state index contributed by atoms with van der Waals surface area (Å²) in [5.41, 5.74) is 0.790. The van der Waals surface area contributed by atoms with Gasteiger partial charge in [-0.3, -0.25) is 4.79 Å². The zero-order valence-corrected chi connectivity index (χ0v) is 13.5. The molecule has 0 unspecified atom stereocenters. The molecule has 2 amide bonds. The molecule has 1 saturated heterocycles. The number of benzene rings is 1. The van der Waals surface area contributed by atoms with E-state index in [0.29, 0.717) is 32.8 Å². The summed E-state index contributed by atoms with van der Waals surface area (Å²) in [6.45, 7) is 4.46. The van der Waals surface area contributed by atoms with Crippen LogP contribution in [0.15, 0.2) is 24.3 Å². The lowest BCUT2D eigenvalue weighted by molar-refractivity contribution is -0.132. The number of hydrogen-bond donors (Lipinski definition) is 0. The smallest absolute Gasteiger partial charge is 0.409 e. The van der Waals surface area contributed by atoms with E-state index in [1.165, 1.54) is 12.1 Å². The lowest BCUT2D eigenvalue weighted by Crippen LogP contribution is -2.51. The Morgan fingerprint density at radius 1 is 1.09 bits per heavy atom. The van der Waals surface area contributed by atoms with Gasteiger partial charge >= 0.3 is 6.09 Å². The Kier molecular flexibility index (Phi) is 6.38. The van der Waals surface area contributed by atoms with Crippen LogP contribution < -0.4 is 0 Å². The fraction of sp³-hybridized carbons (Fsp3) is 0.529. The van der Waals surface area contributed by atoms with E-state index >= 15 is 0 Å². The van der Waals surface area contributed by atoms with Gasteiger partial charge in [0.1, 0.15) is 5.82 Å². The van der Waals surface area contributed by atoms with E-state index in [-0.39, 0.29) is 24.2 Å². The third kappa shape index (κ3) is 5.23. The van der Waals surface area contributed by atoms with Gasteiger partial charge in [0.2, 0.25) is 5.91 Å². The maximum atomic E-state index is 12.9. The standard InChI is InChI=1S/C17H23FN2O3/c1-2-3-12-23-17(22)20-10-8-19(9-11-20)16(21)13-14-4-6-15(18)7-5-14/h4-7H,2-3,8-13H2,1H3. The van der Waals surface area contributed by atoms with E-state index in [2.05, 4.69) is 0 Å². The largest absolute Gasteiger partial charge is 0.449 e.